The Morgan fingerprint density at radius 3 is 2.25 bits per heavy atom. The second kappa shape index (κ2) is 5.62. The van der Waals surface area contributed by atoms with Crippen molar-refractivity contribution in [3.8, 4) is 0 Å². The number of hydrogen-bond acceptors (Lipinski definition) is 1. The summed E-state index contributed by atoms with van der Waals surface area (Å²) < 4.78 is 0. The molecule has 0 saturated carbocycles. The minimum absolute atomic E-state index is 0.166. The van der Waals surface area contributed by atoms with E-state index in [1.54, 1.807) is 0 Å². The third-order valence-corrected chi connectivity index (χ3v) is 3.30. The fourth-order valence-electron chi connectivity index (χ4n) is 1.74. The SMILES string of the molecule is CC(C)c1ccc(C(=O)CBr)c(C(C)C)c1. The number of carbonyl (C=O) groups excluding carboxylic acids is 1. The van der Waals surface area contributed by atoms with Gasteiger partial charge in [-0.3, -0.25) is 4.79 Å². The highest BCUT2D eigenvalue weighted by molar-refractivity contribution is 9.09. The number of carbonyl (C=O) groups is 1. The van der Waals surface area contributed by atoms with Gasteiger partial charge >= 0.3 is 0 Å². The Labute approximate surface area is 106 Å². The quantitative estimate of drug-likeness (QED) is 0.587. The lowest BCUT2D eigenvalue weighted by Crippen LogP contribution is -2.07. The maximum absolute atomic E-state index is 11.8. The van der Waals surface area contributed by atoms with Crippen LogP contribution < -0.4 is 0 Å². The van der Waals surface area contributed by atoms with Crippen molar-refractivity contribution in [1.29, 1.82) is 0 Å². The fourth-order valence-corrected chi connectivity index (χ4v) is 2.05. The van der Waals surface area contributed by atoms with Gasteiger partial charge < -0.3 is 0 Å². The number of alkyl halides is 1. The van der Waals surface area contributed by atoms with E-state index in [2.05, 4.69) is 55.8 Å². The molecular weight excluding hydrogens is 264 g/mol. The number of rotatable bonds is 4. The molecule has 0 atom stereocenters. The van der Waals surface area contributed by atoms with E-state index in [0.29, 0.717) is 17.2 Å². The summed E-state index contributed by atoms with van der Waals surface area (Å²) in [6.45, 7) is 8.60. The predicted octanol–water partition coefficient (Wildman–Crippen LogP) is 4.51. The Kier molecular flexibility index (Phi) is 4.72. The van der Waals surface area contributed by atoms with Crippen molar-refractivity contribution < 1.29 is 4.79 Å². The molecule has 0 heterocycles. The van der Waals surface area contributed by atoms with E-state index < -0.39 is 0 Å². The second-order valence-corrected chi connectivity index (χ2v) is 5.27. The first-order valence-corrected chi connectivity index (χ1v) is 6.82. The summed E-state index contributed by atoms with van der Waals surface area (Å²) in [6.07, 6.45) is 0. The smallest absolute Gasteiger partial charge is 0.173 e. The maximum atomic E-state index is 11.8. The van der Waals surface area contributed by atoms with E-state index in [0.717, 1.165) is 11.1 Å². The third-order valence-electron chi connectivity index (χ3n) is 2.79. The highest BCUT2D eigenvalue weighted by Gasteiger charge is 2.14. The van der Waals surface area contributed by atoms with Crippen molar-refractivity contribution in [2.75, 3.05) is 5.33 Å². The molecule has 0 N–H and O–H groups in total. The summed E-state index contributed by atoms with van der Waals surface area (Å²) in [5, 5.41) is 0.397. The number of halogens is 1. The lowest BCUT2D eigenvalue weighted by Gasteiger charge is -2.15. The molecule has 1 aromatic rings. The number of benzene rings is 1. The van der Waals surface area contributed by atoms with Crippen LogP contribution in [0, 0.1) is 0 Å². The van der Waals surface area contributed by atoms with Gasteiger partial charge in [-0.25, -0.2) is 0 Å². The van der Waals surface area contributed by atoms with E-state index in [-0.39, 0.29) is 5.78 Å². The number of hydrogen-bond donors (Lipinski definition) is 0. The Balaban J connectivity index is 3.25. The lowest BCUT2D eigenvalue weighted by molar-refractivity contribution is 0.102. The first kappa shape index (κ1) is 13.4. The zero-order valence-corrected chi connectivity index (χ0v) is 12.0. The Bertz CT molecular complexity index is 380. The van der Waals surface area contributed by atoms with E-state index in [4.69, 9.17) is 0 Å². The normalized spacial score (nSPS) is 11.2. The van der Waals surface area contributed by atoms with E-state index in [9.17, 15) is 4.79 Å². The van der Waals surface area contributed by atoms with E-state index in [1.165, 1.54) is 5.56 Å². The minimum atomic E-state index is 0.166. The van der Waals surface area contributed by atoms with Gasteiger partial charge in [-0.05, 0) is 23.0 Å². The molecule has 0 fully saturated rings. The molecule has 1 rings (SSSR count). The molecular formula is C14H19BrO. The highest BCUT2D eigenvalue weighted by Crippen LogP contribution is 2.25. The molecule has 0 aromatic heterocycles. The number of Topliss-reactive ketones (excluding diaryl/α,β-unsaturated/α-hetero) is 1. The van der Waals surface area contributed by atoms with Gasteiger partial charge in [0.2, 0.25) is 0 Å². The topological polar surface area (TPSA) is 17.1 Å². The summed E-state index contributed by atoms with van der Waals surface area (Å²) in [5.74, 6) is 1.06. The predicted molar refractivity (Wildman–Crippen MR) is 72.7 cm³/mol. The van der Waals surface area contributed by atoms with Crippen LogP contribution in [0.3, 0.4) is 0 Å². The second-order valence-electron chi connectivity index (χ2n) is 4.71. The van der Waals surface area contributed by atoms with Crippen molar-refractivity contribution in [1.82, 2.24) is 0 Å². The van der Waals surface area contributed by atoms with Crippen LogP contribution in [-0.4, -0.2) is 11.1 Å². The first-order valence-electron chi connectivity index (χ1n) is 5.70. The summed E-state index contributed by atoms with van der Waals surface area (Å²) in [7, 11) is 0. The molecule has 1 aromatic carbocycles. The van der Waals surface area contributed by atoms with Crippen molar-refractivity contribution in [3.63, 3.8) is 0 Å². The van der Waals surface area contributed by atoms with Gasteiger partial charge in [-0.15, -0.1) is 0 Å². The van der Waals surface area contributed by atoms with Crippen LogP contribution in [0.1, 0.15) is 61.0 Å². The van der Waals surface area contributed by atoms with Gasteiger partial charge in [0.25, 0.3) is 0 Å². The summed E-state index contributed by atoms with van der Waals surface area (Å²) in [6, 6.07) is 6.20. The van der Waals surface area contributed by atoms with E-state index >= 15 is 0 Å². The van der Waals surface area contributed by atoms with Gasteiger partial charge in [0.1, 0.15) is 0 Å². The molecule has 0 aliphatic heterocycles. The average molecular weight is 283 g/mol. The molecule has 0 saturated heterocycles. The first-order chi connectivity index (χ1) is 7.47. The van der Waals surface area contributed by atoms with Crippen LogP contribution in [0.5, 0.6) is 0 Å². The third kappa shape index (κ3) is 2.94. The van der Waals surface area contributed by atoms with Gasteiger partial charge in [0, 0.05) is 5.56 Å². The molecule has 0 radical (unpaired) electrons. The molecule has 88 valence electrons. The Hall–Kier alpha value is -0.630. The average Bonchev–Trinajstić information content (AvgIpc) is 2.26. The standard InChI is InChI=1S/C14H19BrO/c1-9(2)11-5-6-12(14(16)8-15)13(7-11)10(3)4/h5-7,9-10H,8H2,1-4H3. The highest BCUT2D eigenvalue weighted by atomic mass is 79.9. The minimum Gasteiger partial charge on any atom is -0.293 e. The molecule has 1 nitrogen and oxygen atoms in total. The van der Waals surface area contributed by atoms with Gasteiger partial charge in [-0.1, -0.05) is 61.8 Å². The molecule has 0 amide bonds. The molecule has 2 heteroatoms. The van der Waals surface area contributed by atoms with Crippen LogP contribution in [-0.2, 0) is 0 Å². The molecule has 0 aliphatic rings. The number of ketones is 1. The van der Waals surface area contributed by atoms with Crippen molar-refractivity contribution in [3.05, 3.63) is 34.9 Å². The monoisotopic (exact) mass is 282 g/mol. The van der Waals surface area contributed by atoms with Gasteiger partial charge in [-0.2, -0.15) is 0 Å². The summed E-state index contributed by atoms with van der Waals surface area (Å²) >= 11 is 3.23. The van der Waals surface area contributed by atoms with Gasteiger partial charge in [0.15, 0.2) is 5.78 Å². The van der Waals surface area contributed by atoms with Crippen molar-refractivity contribution >= 4 is 21.7 Å². The summed E-state index contributed by atoms with van der Waals surface area (Å²) in [4.78, 5) is 11.8. The van der Waals surface area contributed by atoms with Gasteiger partial charge in [0.05, 0.1) is 5.33 Å². The fraction of sp³-hybridized carbons (Fsp3) is 0.500. The van der Waals surface area contributed by atoms with Crippen LogP contribution in [0.15, 0.2) is 18.2 Å². The largest absolute Gasteiger partial charge is 0.293 e. The van der Waals surface area contributed by atoms with Crippen molar-refractivity contribution in [2.24, 2.45) is 0 Å². The molecule has 0 spiro atoms. The zero-order chi connectivity index (χ0) is 12.3. The molecule has 0 bridgehead atoms. The van der Waals surface area contributed by atoms with Crippen molar-refractivity contribution in [2.45, 2.75) is 39.5 Å². The Morgan fingerprint density at radius 2 is 1.81 bits per heavy atom. The van der Waals surface area contributed by atoms with Crippen LogP contribution in [0.2, 0.25) is 0 Å². The Morgan fingerprint density at radius 1 is 1.19 bits per heavy atom. The van der Waals surface area contributed by atoms with E-state index in [1.807, 2.05) is 6.07 Å². The molecule has 16 heavy (non-hydrogen) atoms. The van der Waals surface area contributed by atoms with Crippen LogP contribution in [0.25, 0.3) is 0 Å². The molecule has 0 aliphatic carbocycles. The summed E-state index contributed by atoms with van der Waals surface area (Å²) in [5.41, 5.74) is 3.32. The lowest BCUT2D eigenvalue weighted by atomic mass is 9.90. The zero-order valence-electron chi connectivity index (χ0n) is 10.4. The molecule has 0 unspecified atom stereocenters. The van der Waals surface area contributed by atoms with Crippen LogP contribution in [0.4, 0.5) is 0 Å². The van der Waals surface area contributed by atoms with Crippen LogP contribution >= 0.6 is 15.9 Å². The maximum Gasteiger partial charge on any atom is 0.173 e.